The number of hydrogen-bond acceptors (Lipinski definition) is 2. The van der Waals surface area contributed by atoms with Gasteiger partial charge in [-0.1, -0.05) is 31.4 Å². The van der Waals surface area contributed by atoms with Gasteiger partial charge in [0.15, 0.2) is 0 Å². The van der Waals surface area contributed by atoms with Gasteiger partial charge in [-0.3, -0.25) is 10.1 Å². The molecule has 4 heteroatoms. The van der Waals surface area contributed by atoms with Crippen LogP contribution in [0.3, 0.4) is 0 Å². The molecule has 3 amide bonds. The number of allylic oxidation sites excluding steroid dienone is 1. The van der Waals surface area contributed by atoms with Crippen molar-refractivity contribution in [3.63, 3.8) is 0 Å². The van der Waals surface area contributed by atoms with Gasteiger partial charge < -0.3 is 5.32 Å². The SMILES string of the molecule is CCCC/C=C(\C)C1(C)CNC(=O)NC1=O. The molecule has 0 bridgehead atoms. The van der Waals surface area contributed by atoms with Crippen LogP contribution in [0.2, 0.25) is 0 Å². The van der Waals surface area contributed by atoms with Crippen LogP contribution in [-0.4, -0.2) is 18.5 Å². The van der Waals surface area contributed by atoms with E-state index in [0.717, 1.165) is 24.8 Å². The third-order valence-electron chi connectivity index (χ3n) is 3.21. The van der Waals surface area contributed by atoms with Crippen molar-refractivity contribution in [2.45, 2.75) is 40.0 Å². The standard InChI is InChI=1S/C12H20N2O2/c1-4-5-6-7-9(2)12(3)8-13-11(16)14-10(12)15/h7H,4-6,8H2,1-3H3,(H2,13,14,15,16)/b9-7+. The summed E-state index contributed by atoms with van der Waals surface area (Å²) in [5.41, 5.74) is 0.431. The van der Waals surface area contributed by atoms with Crippen LogP contribution in [0, 0.1) is 5.41 Å². The van der Waals surface area contributed by atoms with Gasteiger partial charge in [0.25, 0.3) is 0 Å². The minimum Gasteiger partial charge on any atom is -0.336 e. The Labute approximate surface area is 96.5 Å². The molecule has 4 nitrogen and oxygen atoms in total. The number of unbranched alkanes of at least 4 members (excludes halogenated alkanes) is 2. The molecule has 0 aromatic rings. The fourth-order valence-corrected chi connectivity index (χ4v) is 1.69. The zero-order valence-electron chi connectivity index (χ0n) is 10.2. The van der Waals surface area contributed by atoms with Crippen LogP contribution in [-0.2, 0) is 4.79 Å². The summed E-state index contributed by atoms with van der Waals surface area (Å²) in [5.74, 6) is -0.207. The Balaban J connectivity index is 2.72. The first-order valence-electron chi connectivity index (χ1n) is 5.77. The predicted molar refractivity (Wildman–Crippen MR) is 62.9 cm³/mol. The molecule has 0 aliphatic carbocycles. The van der Waals surface area contributed by atoms with Crippen molar-refractivity contribution in [3.05, 3.63) is 11.6 Å². The largest absolute Gasteiger partial charge is 0.336 e. The molecule has 0 saturated carbocycles. The smallest absolute Gasteiger partial charge is 0.321 e. The van der Waals surface area contributed by atoms with E-state index in [-0.39, 0.29) is 5.91 Å². The van der Waals surface area contributed by atoms with Crippen molar-refractivity contribution in [1.29, 1.82) is 0 Å². The van der Waals surface area contributed by atoms with Gasteiger partial charge in [-0.05, 0) is 20.3 Å². The number of carbonyl (C=O) groups is 2. The van der Waals surface area contributed by atoms with Gasteiger partial charge in [-0.2, -0.15) is 0 Å². The molecule has 1 rings (SSSR count). The minimum atomic E-state index is -0.596. The highest BCUT2D eigenvalue weighted by Crippen LogP contribution is 2.28. The van der Waals surface area contributed by atoms with Crippen LogP contribution in [0.4, 0.5) is 4.79 Å². The molecule has 1 heterocycles. The summed E-state index contributed by atoms with van der Waals surface area (Å²) in [6, 6.07) is -0.399. The molecule has 0 aromatic carbocycles. The fraction of sp³-hybridized carbons (Fsp3) is 0.667. The molecule has 1 fully saturated rings. The second-order valence-corrected chi connectivity index (χ2v) is 4.50. The molecule has 1 unspecified atom stereocenters. The molecule has 1 atom stereocenters. The Morgan fingerprint density at radius 2 is 2.19 bits per heavy atom. The summed E-state index contributed by atoms with van der Waals surface area (Å²) >= 11 is 0. The van der Waals surface area contributed by atoms with E-state index in [9.17, 15) is 9.59 Å². The van der Waals surface area contributed by atoms with Crippen molar-refractivity contribution in [2.75, 3.05) is 6.54 Å². The number of rotatable bonds is 4. The Morgan fingerprint density at radius 1 is 1.50 bits per heavy atom. The molecule has 2 N–H and O–H groups in total. The topological polar surface area (TPSA) is 58.2 Å². The van der Waals surface area contributed by atoms with Crippen LogP contribution in [0.1, 0.15) is 40.0 Å². The van der Waals surface area contributed by atoms with Crippen molar-refractivity contribution in [1.82, 2.24) is 10.6 Å². The lowest BCUT2D eigenvalue weighted by molar-refractivity contribution is -0.127. The minimum absolute atomic E-state index is 0.207. The molecule has 1 aliphatic rings. The monoisotopic (exact) mass is 224 g/mol. The highest BCUT2D eigenvalue weighted by Gasteiger charge is 2.39. The number of imide groups is 1. The molecule has 0 aromatic heterocycles. The van der Waals surface area contributed by atoms with E-state index >= 15 is 0 Å². The van der Waals surface area contributed by atoms with Crippen LogP contribution >= 0.6 is 0 Å². The first kappa shape index (κ1) is 12.7. The molecule has 0 spiro atoms. The van der Waals surface area contributed by atoms with Crippen LogP contribution in [0.5, 0.6) is 0 Å². The number of hydrogen-bond donors (Lipinski definition) is 2. The lowest BCUT2D eigenvalue weighted by Crippen LogP contribution is -2.58. The summed E-state index contributed by atoms with van der Waals surface area (Å²) in [7, 11) is 0. The van der Waals surface area contributed by atoms with Gasteiger partial charge in [0, 0.05) is 6.54 Å². The van der Waals surface area contributed by atoms with E-state index < -0.39 is 11.4 Å². The Bertz CT molecular complexity index is 323. The van der Waals surface area contributed by atoms with E-state index in [1.807, 2.05) is 13.8 Å². The highest BCUT2D eigenvalue weighted by molar-refractivity contribution is 6.01. The van der Waals surface area contributed by atoms with Crippen molar-refractivity contribution in [3.8, 4) is 0 Å². The zero-order valence-corrected chi connectivity index (χ0v) is 10.2. The molecule has 90 valence electrons. The van der Waals surface area contributed by atoms with Gasteiger partial charge in [0.2, 0.25) is 5.91 Å². The van der Waals surface area contributed by atoms with E-state index in [0.29, 0.717) is 6.54 Å². The average Bonchev–Trinajstić information content (AvgIpc) is 2.24. The van der Waals surface area contributed by atoms with Gasteiger partial charge >= 0.3 is 6.03 Å². The van der Waals surface area contributed by atoms with Crippen LogP contribution < -0.4 is 10.6 Å². The second kappa shape index (κ2) is 5.14. The van der Waals surface area contributed by atoms with Crippen molar-refractivity contribution < 1.29 is 9.59 Å². The lowest BCUT2D eigenvalue weighted by atomic mass is 9.80. The summed E-state index contributed by atoms with van der Waals surface area (Å²) in [6.45, 7) is 6.33. The van der Waals surface area contributed by atoms with Gasteiger partial charge in [0.05, 0.1) is 5.41 Å². The molecular weight excluding hydrogens is 204 g/mol. The maximum Gasteiger partial charge on any atom is 0.321 e. The number of carbonyl (C=O) groups excluding carboxylic acids is 2. The van der Waals surface area contributed by atoms with Crippen molar-refractivity contribution in [2.24, 2.45) is 5.41 Å². The second-order valence-electron chi connectivity index (χ2n) is 4.50. The normalized spacial score (nSPS) is 26.3. The third kappa shape index (κ3) is 2.62. The first-order chi connectivity index (χ1) is 7.50. The van der Waals surface area contributed by atoms with E-state index in [2.05, 4.69) is 23.6 Å². The van der Waals surface area contributed by atoms with Crippen LogP contribution in [0.15, 0.2) is 11.6 Å². The Kier molecular flexibility index (Phi) is 4.10. The third-order valence-corrected chi connectivity index (χ3v) is 3.21. The highest BCUT2D eigenvalue weighted by atomic mass is 16.2. The summed E-state index contributed by atoms with van der Waals surface area (Å²) in [6.07, 6.45) is 5.35. The Hall–Kier alpha value is -1.32. The average molecular weight is 224 g/mol. The summed E-state index contributed by atoms with van der Waals surface area (Å²) in [4.78, 5) is 22.8. The number of nitrogens with one attached hydrogen (secondary N) is 2. The maximum atomic E-state index is 11.8. The molecule has 1 saturated heterocycles. The van der Waals surface area contributed by atoms with Gasteiger partial charge in [0.1, 0.15) is 0 Å². The molecule has 16 heavy (non-hydrogen) atoms. The van der Waals surface area contributed by atoms with Gasteiger partial charge in [-0.15, -0.1) is 0 Å². The van der Waals surface area contributed by atoms with E-state index in [1.165, 1.54) is 0 Å². The van der Waals surface area contributed by atoms with Crippen molar-refractivity contribution >= 4 is 11.9 Å². The quantitative estimate of drug-likeness (QED) is 0.566. The molecular formula is C12H20N2O2. The van der Waals surface area contributed by atoms with Crippen LogP contribution in [0.25, 0.3) is 0 Å². The lowest BCUT2D eigenvalue weighted by Gasteiger charge is -2.33. The zero-order chi connectivity index (χ0) is 12.2. The number of amides is 3. The van der Waals surface area contributed by atoms with Gasteiger partial charge in [-0.25, -0.2) is 4.79 Å². The Morgan fingerprint density at radius 3 is 2.75 bits per heavy atom. The maximum absolute atomic E-state index is 11.8. The first-order valence-corrected chi connectivity index (χ1v) is 5.77. The summed E-state index contributed by atoms with van der Waals surface area (Å²) in [5, 5.41) is 4.97. The predicted octanol–water partition coefficient (Wildman–Crippen LogP) is 1.97. The molecule has 1 aliphatic heterocycles. The fourth-order valence-electron chi connectivity index (χ4n) is 1.69. The molecule has 0 radical (unpaired) electrons. The number of urea groups is 1. The summed E-state index contributed by atoms with van der Waals surface area (Å²) < 4.78 is 0. The van der Waals surface area contributed by atoms with E-state index in [4.69, 9.17) is 0 Å². The van der Waals surface area contributed by atoms with E-state index in [1.54, 1.807) is 0 Å².